The largest absolute Gasteiger partial charge is 0.497 e. The summed E-state index contributed by atoms with van der Waals surface area (Å²) in [7, 11) is 1.65. The van der Waals surface area contributed by atoms with Crippen LogP contribution in [-0.2, 0) is 6.42 Å². The molecule has 1 fully saturated rings. The Bertz CT molecular complexity index is 581. The highest BCUT2D eigenvalue weighted by atomic mass is 32.2. The van der Waals surface area contributed by atoms with Gasteiger partial charge in [-0.3, -0.25) is 4.90 Å². The lowest BCUT2D eigenvalue weighted by Gasteiger charge is -2.16. The molecule has 5 nitrogen and oxygen atoms in total. The van der Waals surface area contributed by atoms with Crippen molar-refractivity contribution < 1.29 is 9.26 Å². The molecule has 3 rings (SSSR count). The fourth-order valence-corrected chi connectivity index (χ4v) is 4.41. The number of hydrogen-bond acceptors (Lipinski definition) is 7. The van der Waals surface area contributed by atoms with Gasteiger partial charge in [-0.2, -0.15) is 4.98 Å². The SMILES string of the molecule is COc1ccc(-c2noc(CCN3CSCCSC3)n2)cc1. The molecule has 0 radical (unpaired) electrons. The Hall–Kier alpha value is -1.18. The third-order valence-electron chi connectivity index (χ3n) is 3.38. The van der Waals surface area contributed by atoms with Crippen molar-refractivity contribution in [3.63, 3.8) is 0 Å². The highest BCUT2D eigenvalue weighted by Crippen LogP contribution is 2.20. The predicted molar refractivity (Wildman–Crippen MR) is 91.3 cm³/mol. The molecule has 0 aliphatic carbocycles. The van der Waals surface area contributed by atoms with E-state index in [1.807, 2.05) is 47.8 Å². The van der Waals surface area contributed by atoms with Crippen LogP contribution in [0.15, 0.2) is 28.8 Å². The topological polar surface area (TPSA) is 51.4 Å². The van der Waals surface area contributed by atoms with Crippen LogP contribution in [0, 0.1) is 0 Å². The Morgan fingerprint density at radius 1 is 1.18 bits per heavy atom. The Morgan fingerprint density at radius 2 is 1.91 bits per heavy atom. The van der Waals surface area contributed by atoms with Crippen molar-refractivity contribution in [3.05, 3.63) is 30.2 Å². The molecule has 0 unspecified atom stereocenters. The van der Waals surface area contributed by atoms with Gasteiger partial charge >= 0.3 is 0 Å². The van der Waals surface area contributed by atoms with Gasteiger partial charge in [0.25, 0.3) is 0 Å². The van der Waals surface area contributed by atoms with E-state index in [2.05, 4.69) is 15.0 Å². The van der Waals surface area contributed by atoms with Gasteiger partial charge in [0.2, 0.25) is 11.7 Å². The Kier molecular flexibility index (Phi) is 5.64. The lowest BCUT2D eigenvalue weighted by atomic mass is 10.2. The smallest absolute Gasteiger partial charge is 0.228 e. The van der Waals surface area contributed by atoms with Gasteiger partial charge in [-0.1, -0.05) is 5.16 Å². The van der Waals surface area contributed by atoms with Crippen LogP contribution >= 0.6 is 23.5 Å². The number of hydrogen-bond donors (Lipinski definition) is 0. The van der Waals surface area contributed by atoms with Crippen LogP contribution in [0.2, 0.25) is 0 Å². The first-order valence-electron chi connectivity index (χ1n) is 7.20. The summed E-state index contributed by atoms with van der Waals surface area (Å²) in [6.07, 6.45) is 0.796. The van der Waals surface area contributed by atoms with E-state index in [-0.39, 0.29) is 0 Å². The molecule has 0 spiro atoms. The van der Waals surface area contributed by atoms with E-state index in [0.717, 1.165) is 36.0 Å². The fourth-order valence-electron chi connectivity index (χ4n) is 2.14. The van der Waals surface area contributed by atoms with Crippen molar-refractivity contribution in [2.45, 2.75) is 6.42 Å². The minimum Gasteiger partial charge on any atom is -0.497 e. The molecule has 1 aromatic heterocycles. The molecule has 1 aromatic carbocycles. The molecular weight excluding hydrogens is 318 g/mol. The van der Waals surface area contributed by atoms with Gasteiger partial charge in [-0.05, 0) is 24.3 Å². The molecular formula is C15H19N3O2S2. The molecule has 0 atom stereocenters. The van der Waals surface area contributed by atoms with Gasteiger partial charge in [-0.15, -0.1) is 23.5 Å². The minimum absolute atomic E-state index is 0.636. The second-order valence-corrected chi connectivity index (χ2v) is 7.11. The third-order valence-corrected chi connectivity index (χ3v) is 5.72. The summed E-state index contributed by atoms with van der Waals surface area (Å²) in [6, 6.07) is 7.68. The quantitative estimate of drug-likeness (QED) is 0.831. The average molecular weight is 337 g/mol. The average Bonchev–Trinajstić information content (AvgIpc) is 2.88. The van der Waals surface area contributed by atoms with Crippen LogP contribution in [-0.4, -0.2) is 52.0 Å². The van der Waals surface area contributed by atoms with Gasteiger partial charge in [0.15, 0.2) is 0 Å². The summed E-state index contributed by atoms with van der Waals surface area (Å²) in [5.74, 6) is 6.82. The van der Waals surface area contributed by atoms with Crippen LogP contribution in [0.3, 0.4) is 0 Å². The van der Waals surface area contributed by atoms with Crippen molar-refractivity contribution in [2.24, 2.45) is 0 Å². The number of ether oxygens (including phenoxy) is 1. The molecule has 7 heteroatoms. The molecule has 0 N–H and O–H groups in total. The molecule has 0 saturated carbocycles. The summed E-state index contributed by atoms with van der Waals surface area (Å²) >= 11 is 3.98. The highest BCUT2D eigenvalue weighted by Gasteiger charge is 2.13. The van der Waals surface area contributed by atoms with Gasteiger partial charge in [0, 0.05) is 41.8 Å². The number of rotatable bonds is 5. The Labute approximate surface area is 138 Å². The second-order valence-electron chi connectivity index (χ2n) is 4.96. The van der Waals surface area contributed by atoms with Crippen LogP contribution < -0.4 is 4.74 Å². The minimum atomic E-state index is 0.636. The van der Waals surface area contributed by atoms with Crippen LogP contribution in [0.1, 0.15) is 5.89 Å². The lowest BCUT2D eigenvalue weighted by molar-refractivity contribution is 0.333. The van der Waals surface area contributed by atoms with Crippen molar-refractivity contribution in [2.75, 3.05) is 36.9 Å². The monoisotopic (exact) mass is 337 g/mol. The van der Waals surface area contributed by atoms with Gasteiger partial charge in [-0.25, -0.2) is 0 Å². The van der Waals surface area contributed by atoms with E-state index in [9.17, 15) is 0 Å². The first-order valence-corrected chi connectivity index (χ1v) is 9.51. The molecule has 118 valence electrons. The maximum absolute atomic E-state index is 5.37. The van der Waals surface area contributed by atoms with Crippen LogP contribution in [0.5, 0.6) is 5.75 Å². The normalized spacial score (nSPS) is 16.4. The molecule has 0 amide bonds. The van der Waals surface area contributed by atoms with Crippen molar-refractivity contribution in [1.82, 2.24) is 15.0 Å². The number of thioether (sulfide) groups is 2. The number of aromatic nitrogens is 2. The maximum Gasteiger partial charge on any atom is 0.228 e. The van der Waals surface area contributed by atoms with Gasteiger partial charge < -0.3 is 9.26 Å². The van der Waals surface area contributed by atoms with E-state index in [1.165, 1.54) is 11.5 Å². The van der Waals surface area contributed by atoms with Crippen molar-refractivity contribution in [3.8, 4) is 17.1 Å². The Morgan fingerprint density at radius 3 is 2.59 bits per heavy atom. The molecule has 2 aromatic rings. The summed E-state index contributed by atoms with van der Waals surface area (Å²) in [4.78, 5) is 6.92. The molecule has 1 saturated heterocycles. The number of nitrogens with zero attached hydrogens (tertiary/aromatic N) is 3. The van der Waals surface area contributed by atoms with Gasteiger partial charge in [0.1, 0.15) is 5.75 Å². The van der Waals surface area contributed by atoms with E-state index in [0.29, 0.717) is 11.7 Å². The van der Waals surface area contributed by atoms with Crippen LogP contribution in [0.4, 0.5) is 0 Å². The lowest BCUT2D eigenvalue weighted by Crippen LogP contribution is -2.24. The summed E-state index contributed by atoms with van der Waals surface area (Å²) < 4.78 is 10.5. The zero-order valence-electron chi connectivity index (χ0n) is 12.5. The summed E-state index contributed by atoms with van der Waals surface area (Å²) in [5, 5.41) is 4.07. The summed E-state index contributed by atoms with van der Waals surface area (Å²) in [5.41, 5.74) is 0.941. The van der Waals surface area contributed by atoms with E-state index in [1.54, 1.807) is 7.11 Å². The molecule has 0 bridgehead atoms. The van der Waals surface area contributed by atoms with E-state index >= 15 is 0 Å². The fraction of sp³-hybridized carbons (Fsp3) is 0.467. The zero-order chi connectivity index (χ0) is 15.2. The van der Waals surface area contributed by atoms with Crippen LogP contribution in [0.25, 0.3) is 11.4 Å². The van der Waals surface area contributed by atoms with Gasteiger partial charge in [0.05, 0.1) is 7.11 Å². The molecule has 1 aliphatic heterocycles. The van der Waals surface area contributed by atoms with E-state index < -0.39 is 0 Å². The first kappa shape index (κ1) is 15.7. The van der Waals surface area contributed by atoms with E-state index in [4.69, 9.17) is 9.26 Å². The predicted octanol–water partition coefficient (Wildman–Crippen LogP) is 2.98. The molecule has 2 heterocycles. The standard InChI is InChI=1S/C15H19N3O2S2/c1-19-13-4-2-12(3-5-13)15-16-14(20-17-15)6-7-18-10-21-8-9-22-11-18/h2-5H,6-11H2,1H3. The van der Waals surface area contributed by atoms with Crippen molar-refractivity contribution >= 4 is 23.5 Å². The van der Waals surface area contributed by atoms with Crippen molar-refractivity contribution in [1.29, 1.82) is 0 Å². The molecule has 22 heavy (non-hydrogen) atoms. The third kappa shape index (κ3) is 4.18. The first-order chi connectivity index (χ1) is 10.8. The summed E-state index contributed by atoms with van der Waals surface area (Å²) in [6.45, 7) is 0.963. The second kappa shape index (κ2) is 7.89. The molecule has 1 aliphatic rings. The maximum atomic E-state index is 5.37. The number of methoxy groups -OCH3 is 1. The zero-order valence-corrected chi connectivity index (χ0v) is 14.2. The number of benzene rings is 1. The Balaban J connectivity index is 1.58. The highest BCUT2D eigenvalue weighted by molar-refractivity contribution is 8.03.